The molecule has 2 aromatic rings. The lowest BCUT2D eigenvalue weighted by molar-refractivity contribution is 0.273. The van der Waals surface area contributed by atoms with Crippen molar-refractivity contribution in [3.63, 3.8) is 0 Å². The Bertz CT molecular complexity index is 478. The van der Waals surface area contributed by atoms with E-state index in [0.717, 1.165) is 19.6 Å². The maximum atomic E-state index is 5.91. The van der Waals surface area contributed by atoms with E-state index in [4.69, 9.17) is 11.6 Å². The number of rotatable bonds is 6. The molecule has 0 aliphatic heterocycles. The molecule has 2 heteroatoms. The minimum atomic E-state index is 0.665. The molecule has 0 fully saturated rings. The van der Waals surface area contributed by atoms with E-state index in [0.29, 0.717) is 5.88 Å². The van der Waals surface area contributed by atoms with Crippen LogP contribution in [0.25, 0.3) is 0 Å². The summed E-state index contributed by atoms with van der Waals surface area (Å²) < 4.78 is 0. The molecule has 0 bridgehead atoms. The Hall–Kier alpha value is -1.31. The number of hydrogen-bond acceptors (Lipinski definition) is 1. The van der Waals surface area contributed by atoms with Crippen molar-refractivity contribution in [1.82, 2.24) is 4.90 Å². The Morgan fingerprint density at radius 3 is 2.00 bits per heavy atom. The number of nitrogens with zero attached hydrogens (tertiary/aromatic N) is 1. The first-order chi connectivity index (χ1) is 9.28. The molecule has 0 saturated heterocycles. The average Bonchev–Trinajstić information content (AvgIpc) is 2.43. The van der Waals surface area contributed by atoms with Crippen LogP contribution in [0.4, 0.5) is 0 Å². The Kier molecular flexibility index (Phi) is 5.44. The van der Waals surface area contributed by atoms with Crippen LogP contribution in [0, 0.1) is 6.92 Å². The molecule has 0 aliphatic rings. The number of halogens is 1. The van der Waals surface area contributed by atoms with E-state index < -0.39 is 0 Å². The molecule has 0 spiro atoms. The first-order valence-electron chi connectivity index (χ1n) is 6.66. The SMILES string of the molecule is Cc1ccc(CN(CCCl)Cc2ccccc2)cc1. The van der Waals surface area contributed by atoms with Crippen LogP contribution >= 0.6 is 11.6 Å². The van der Waals surface area contributed by atoms with Gasteiger partial charge in [-0.25, -0.2) is 0 Å². The van der Waals surface area contributed by atoms with Crippen molar-refractivity contribution in [2.45, 2.75) is 20.0 Å². The van der Waals surface area contributed by atoms with Crippen LogP contribution in [0.5, 0.6) is 0 Å². The molecule has 1 nitrogen and oxygen atoms in total. The molecule has 0 unspecified atom stereocenters. The van der Waals surface area contributed by atoms with E-state index in [9.17, 15) is 0 Å². The van der Waals surface area contributed by atoms with Gasteiger partial charge in [-0.1, -0.05) is 60.2 Å². The van der Waals surface area contributed by atoms with Gasteiger partial charge in [0, 0.05) is 25.5 Å². The van der Waals surface area contributed by atoms with E-state index in [-0.39, 0.29) is 0 Å². The summed E-state index contributed by atoms with van der Waals surface area (Å²) in [5, 5.41) is 0. The third-order valence-corrected chi connectivity index (χ3v) is 3.35. The molecule has 2 aromatic carbocycles. The second-order valence-electron chi connectivity index (χ2n) is 4.87. The van der Waals surface area contributed by atoms with Gasteiger partial charge in [0.2, 0.25) is 0 Å². The van der Waals surface area contributed by atoms with Crippen LogP contribution in [0.15, 0.2) is 54.6 Å². The van der Waals surface area contributed by atoms with Gasteiger partial charge in [0.1, 0.15) is 0 Å². The predicted molar refractivity (Wildman–Crippen MR) is 82.5 cm³/mol. The van der Waals surface area contributed by atoms with Crippen molar-refractivity contribution >= 4 is 11.6 Å². The molecule has 0 radical (unpaired) electrons. The Labute approximate surface area is 120 Å². The molecule has 0 heterocycles. The first-order valence-corrected chi connectivity index (χ1v) is 7.19. The van der Waals surface area contributed by atoms with Gasteiger partial charge in [0.25, 0.3) is 0 Å². The molecule has 100 valence electrons. The zero-order valence-corrected chi connectivity index (χ0v) is 12.1. The van der Waals surface area contributed by atoms with Gasteiger partial charge in [-0.3, -0.25) is 4.90 Å². The summed E-state index contributed by atoms with van der Waals surface area (Å²) in [5.41, 5.74) is 3.97. The second-order valence-corrected chi connectivity index (χ2v) is 5.25. The van der Waals surface area contributed by atoms with E-state index in [1.54, 1.807) is 0 Å². The first kappa shape index (κ1) is 14.1. The summed E-state index contributed by atoms with van der Waals surface area (Å²) in [5.74, 6) is 0.665. The predicted octanol–water partition coefficient (Wildman–Crippen LogP) is 4.24. The van der Waals surface area contributed by atoms with Gasteiger partial charge < -0.3 is 0 Å². The van der Waals surface area contributed by atoms with Gasteiger partial charge in [0.05, 0.1) is 0 Å². The largest absolute Gasteiger partial charge is 0.294 e. The van der Waals surface area contributed by atoms with E-state index >= 15 is 0 Å². The van der Waals surface area contributed by atoms with Crippen LogP contribution < -0.4 is 0 Å². The summed E-state index contributed by atoms with van der Waals surface area (Å²) in [4.78, 5) is 2.38. The van der Waals surface area contributed by atoms with Crippen LogP contribution in [0.2, 0.25) is 0 Å². The van der Waals surface area contributed by atoms with Gasteiger partial charge >= 0.3 is 0 Å². The third-order valence-electron chi connectivity index (χ3n) is 3.18. The molecule has 0 N–H and O–H groups in total. The number of hydrogen-bond donors (Lipinski definition) is 0. The van der Waals surface area contributed by atoms with Crippen molar-refractivity contribution in [2.75, 3.05) is 12.4 Å². The highest BCUT2D eigenvalue weighted by molar-refractivity contribution is 6.18. The van der Waals surface area contributed by atoms with Crippen LogP contribution in [0.3, 0.4) is 0 Å². The normalized spacial score (nSPS) is 10.9. The van der Waals surface area contributed by atoms with Crippen molar-refractivity contribution in [1.29, 1.82) is 0 Å². The minimum Gasteiger partial charge on any atom is -0.294 e. The average molecular weight is 274 g/mol. The van der Waals surface area contributed by atoms with Crippen LogP contribution in [-0.2, 0) is 13.1 Å². The monoisotopic (exact) mass is 273 g/mol. The lowest BCUT2D eigenvalue weighted by Crippen LogP contribution is -2.24. The van der Waals surface area contributed by atoms with Crippen molar-refractivity contribution in [3.8, 4) is 0 Å². The number of alkyl halides is 1. The standard InChI is InChI=1S/C17H20ClN/c1-15-7-9-17(10-8-15)14-19(12-11-18)13-16-5-3-2-4-6-16/h2-10H,11-14H2,1H3. The number of benzene rings is 2. The molecule has 19 heavy (non-hydrogen) atoms. The second kappa shape index (κ2) is 7.32. The van der Waals surface area contributed by atoms with E-state index in [2.05, 4.69) is 66.4 Å². The molecular weight excluding hydrogens is 254 g/mol. The fraction of sp³-hybridized carbons (Fsp3) is 0.294. The summed E-state index contributed by atoms with van der Waals surface area (Å²) in [6, 6.07) is 19.3. The molecular formula is C17H20ClN. The van der Waals surface area contributed by atoms with Gasteiger partial charge in [-0.05, 0) is 18.1 Å². The molecule has 0 amide bonds. The smallest absolute Gasteiger partial charge is 0.0351 e. The lowest BCUT2D eigenvalue weighted by atomic mass is 10.1. The highest BCUT2D eigenvalue weighted by Gasteiger charge is 2.06. The van der Waals surface area contributed by atoms with E-state index in [1.807, 2.05) is 0 Å². The molecule has 0 aliphatic carbocycles. The maximum Gasteiger partial charge on any atom is 0.0351 e. The third kappa shape index (κ3) is 4.70. The molecule has 0 saturated carbocycles. The quantitative estimate of drug-likeness (QED) is 0.712. The van der Waals surface area contributed by atoms with Gasteiger partial charge in [-0.2, -0.15) is 0 Å². The Morgan fingerprint density at radius 2 is 1.42 bits per heavy atom. The van der Waals surface area contributed by atoms with Crippen molar-refractivity contribution < 1.29 is 0 Å². The van der Waals surface area contributed by atoms with Crippen molar-refractivity contribution in [3.05, 3.63) is 71.3 Å². The zero-order chi connectivity index (χ0) is 13.5. The van der Waals surface area contributed by atoms with Gasteiger partial charge in [-0.15, -0.1) is 11.6 Å². The fourth-order valence-electron chi connectivity index (χ4n) is 2.13. The topological polar surface area (TPSA) is 3.24 Å². The lowest BCUT2D eigenvalue weighted by Gasteiger charge is -2.21. The van der Waals surface area contributed by atoms with Gasteiger partial charge in [0.15, 0.2) is 0 Å². The van der Waals surface area contributed by atoms with Crippen molar-refractivity contribution in [2.24, 2.45) is 0 Å². The van der Waals surface area contributed by atoms with E-state index in [1.165, 1.54) is 16.7 Å². The molecule has 0 atom stereocenters. The molecule has 0 aromatic heterocycles. The maximum absolute atomic E-state index is 5.91. The summed E-state index contributed by atoms with van der Waals surface area (Å²) in [6.45, 7) is 4.91. The Morgan fingerprint density at radius 1 is 0.842 bits per heavy atom. The highest BCUT2D eigenvalue weighted by atomic mass is 35.5. The Balaban J connectivity index is 2.01. The summed E-state index contributed by atoms with van der Waals surface area (Å²) >= 11 is 5.91. The fourth-order valence-corrected chi connectivity index (χ4v) is 2.37. The summed E-state index contributed by atoms with van der Waals surface area (Å²) in [7, 11) is 0. The zero-order valence-electron chi connectivity index (χ0n) is 11.3. The minimum absolute atomic E-state index is 0.665. The highest BCUT2D eigenvalue weighted by Crippen LogP contribution is 2.11. The number of aryl methyl sites for hydroxylation is 1. The van der Waals surface area contributed by atoms with Crippen LogP contribution in [0.1, 0.15) is 16.7 Å². The summed E-state index contributed by atoms with van der Waals surface area (Å²) in [6.07, 6.45) is 0. The van der Waals surface area contributed by atoms with Crippen LogP contribution in [-0.4, -0.2) is 17.3 Å². The molecule has 2 rings (SSSR count).